The number of aryl methyl sites for hydroxylation is 1. The van der Waals surface area contributed by atoms with Gasteiger partial charge in [-0.2, -0.15) is 5.10 Å². The van der Waals surface area contributed by atoms with E-state index < -0.39 is 0 Å². The average Bonchev–Trinajstić information content (AvgIpc) is 2.42. The maximum Gasteiger partial charge on any atom is 0.271 e. The second-order valence-electron chi connectivity index (χ2n) is 5.21. The van der Waals surface area contributed by atoms with E-state index in [1.54, 1.807) is 0 Å². The van der Waals surface area contributed by atoms with Crippen LogP contribution < -0.4 is 10.9 Å². The van der Waals surface area contributed by atoms with Gasteiger partial charge in [-0.25, -0.2) is 4.68 Å². The predicted molar refractivity (Wildman–Crippen MR) is 73.1 cm³/mol. The number of nitrogens with zero attached hydrogens (tertiary/aromatic N) is 2. The monoisotopic (exact) mass is 263 g/mol. The van der Waals surface area contributed by atoms with E-state index in [-0.39, 0.29) is 17.5 Å². The Balaban J connectivity index is 2.09. The molecule has 0 saturated heterocycles. The minimum atomic E-state index is -0.180. The van der Waals surface area contributed by atoms with Crippen LogP contribution in [0.2, 0.25) is 0 Å². The van der Waals surface area contributed by atoms with E-state index in [0.717, 1.165) is 19.3 Å². The van der Waals surface area contributed by atoms with E-state index in [4.69, 9.17) is 0 Å². The Hall–Kier alpha value is -1.65. The molecule has 2 unspecified atom stereocenters. The molecule has 0 aromatic carbocycles. The predicted octanol–water partition coefficient (Wildman–Crippen LogP) is 1.57. The molecule has 0 radical (unpaired) electrons. The van der Waals surface area contributed by atoms with Crippen molar-refractivity contribution in [3.63, 3.8) is 0 Å². The molecular formula is C14H21N3O2. The van der Waals surface area contributed by atoms with Crippen LogP contribution in [0.1, 0.15) is 50.0 Å². The molecule has 0 aliphatic heterocycles. The van der Waals surface area contributed by atoms with Crippen LogP contribution >= 0.6 is 0 Å². The first-order chi connectivity index (χ1) is 9.11. The van der Waals surface area contributed by atoms with Crippen molar-refractivity contribution >= 4 is 5.91 Å². The van der Waals surface area contributed by atoms with Crippen molar-refractivity contribution in [3.05, 3.63) is 28.2 Å². The highest BCUT2D eigenvalue weighted by Crippen LogP contribution is 2.23. The van der Waals surface area contributed by atoms with Gasteiger partial charge in [0.1, 0.15) is 5.69 Å². The molecule has 19 heavy (non-hydrogen) atoms. The minimum Gasteiger partial charge on any atom is -0.348 e. The van der Waals surface area contributed by atoms with Crippen molar-refractivity contribution < 1.29 is 4.79 Å². The maximum absolute atomic E-state index is 12.1. The minimum absolute atomic E-state index is 0.176. The normalized spacial score (nSPS) is 23.1. The summed E-state index contributed by atoms with van der Waals surface area (Å²) in [5.41, 5.74) is 0.143. The lowest BCUT2D eigenvalue weighted by Crippen LogP contribution is -2.42. The van der Waals surface area contributed by atoms with Gasteiger partial charge in [-0.05, 0) is 31.7 Å². The molecular weight excluding hydrogens is 242 g/mol. The summed E-state index contributed by atoms with van der Waals surface area (Å²) in [5.74, 6) is 0.329. The number of hydrogen-bond donors (Lipinski definition) is 1. The van der Waals surface area contributed by atoms with Gasteiger partial charge in [0.05, 0.1) is 0 Å². The molecule has 1 N–H and O–H groups in total. The molecule has 2 rings (SSSR count). The second kappa shape index (κ2) is 5.99. The number of hydrogen-bond acceptors (Lipinski definition) is 3. The van der Waals surface area contributed by atoms with E-state index in [9.17, 15) is 9.59 Å². The van der Waals surface area contributed by atoms with Crippen LogP contribution in [-0.2, 0) is 6.54 Å². The maximum atomic E-state index is 12.1. The van der Waals surface area contributed by atoms with Crippen LogP contribution in [0.3, 0.4) is 0 Å². The van der Waals surface area contributed by atoms with Crippen LogP contribution in [-0.4, -0.2) is 21.7 Å². The van der Waals surface area contributed by atoms with Gasteiger partial charge >= 0.3 is 0 Å². The van der Waals surface area contributed by atoms with E-state index in [0.29, 0.717) is 18.2 Å². The Labute approximate surface area is 113 Å². The number of aromatic nitrogens is 2. The Morgan fingerprint density at radius 3 is 2.84 bits per heavy atom. The van der Waals surface area contributed by atoms with Gasteiger partial charge in [-0.1, -0.05) is 19.8 Å². The molecule has 1 aliphatic carbocycles. The smallest absolute Gasteiger partial charge is 0.271 e. The summed E-state index contributed by atoms with van der Waals surface area (Å²) in [6.07, 6.45) is 4.59. The molecule has 1 aromatic rings. The van der Waals surface area contributed by atoms with Gasteiger partial charge in [0.25, 0.3) is 11.5 Å². The van der Waals surface area contributed by atoms with E-state index in [1.807, 2.05) is 6.92 Å². The summed E-state index contributed by atoms with van der Waals surface area (Å²) in [6, 6.07) is 3.12. The lowest BCUT2D eigenvalue weighted by molar-refractivity contribution is 0.0902. The molecule has 5 heteroatoms. The highest BCUT2D eigenvalue weighted by molar-refractivity contribution is 5.92. The summed E-state index contributed by atoms with van der Waals surface area (Å²) in [7, 11) is 0. The van der Waals surface area contributed by atoms with Gasteiger partial charge < -0.3 is 5.32 Å². The highest BCUT2D eigenvalue weighted by Gasteiger charge is 2.23. The summed E-state index contributed by atoms with van der Waals surface area (Å²) in [6.45, 7) is 4.48. The average molecular weight is 263 g/mol. The first kappa shape index (κ1) is 13.8. The topological polar surface area (TPSA) is 64.0 Å². The third kappa shape index (κ3) is 3.22. The van der Waals surface area contributed by atoms with Crippen LogP contribution in [0, 0.1) is 5.92 Å². The zero-order chi connectivity index (χ0) is 13.8. The Bertz CT molecular complexity index is 510. The second-order valence-corrected chi connectivity index (χ2v) is 5.21. The van der Waals surface area contributed by atoms with Gasteiger partial charge in [0.2, 0.25) is 0 Å². The molecule has 104 valence electrons. The summed E-state index contributed by atoms with van der Waals surface area (Å²) in [5, 5.41) is 7.11. The molecule has 0 bridgehead atoms. The van der Waals surface area contributed by atoms with Gasteiger partial charge in [-0.3, -0.25) is 9.59 Å². The molecule has 1 aliphatic rings. The van der Waals surface area contributed by atoms with Crippen LogP contribution in [0.5, 0.6) is 0 Å². The van der Waals surface area contributed by atoms with Crippen LogP contribution in [0.25, 0.3) is 0 Å². The van der Waals surface area contributed by atoms with E-state index in [2.05, 4.69) is 17.3 Å². The number of nitrogens with one attached hydrogen (secondary N) is 1. The van der Waals surface area contributed by atoms with E-state index in [1.165, 1.54) is 23.2 Å². The van der Waals surface area contributed by atoms with Gasteiger partial charge in [-0.15, -0.1) is 0 Å². The summed E-state index contributed by atoms with van der Waals surface area (Å²) >= 11 is 0. The van der Waals surface area contributed by atoms with Gasteiger partial charge in [0, 0.05) is 18.7 Å². The summed E-state index contributed by atoms with van der Waals surface area (Å²) < 4.78 is 1.30. The Morgan fingerprint density at radius 2 is 2.16 bits per heavy atom. The SMILES string of the molecule is CCn1nc(C(=O)NC2CCCCC2C)ccc1=O. The first-order valence-electron chi connectivity index (χ1n) is 7.01. The molecule has 1 fully saturated rings. The fraction of sp³-hybridized carbons (Fsp3) is 0.643. The molecule has 1 saturated carbocycles. The molecule has 2 atom stereocenters. The molecule has 1 amide bonds. The molecule has 1 aromatic heterocycles. The number of amides is 1. The largest absolute Gasteiger partial charge is 0.348 e. The number of carbonyl (C=O) groups is 1. The molecule has 1 heterocycles. The quantitative estimate of drug-likeness (QED) is 0.900. The lowest BCUT2D eigenvalue weighted by atomic mass is 9.86. The van der Waals surface area contributed by atoms with E-state index >= 15 is 0 Å². The number of rotatable bonds is 3. The zero-order valence-electron chi connectivity index (χ0n) is 11.6. The lowest BCUT2D eigenvalue weighted by Gasteiger charge is -2.29. The van der Waals surface area contributed by atoms with Crippen molar-refractivity contribution in [1.82, 2.24) is 15.1 Å². The standard InChI is InChI=1S/C14H21N3O2/c1-3-17-13(18)9-8-12(16-17)14(19)15-11-7-5-4-6-10(11)2/h8-11H,3-7H2,1-2H3,(H,15,19). The Morgan fingerprint density at radius 1 is 1.42 bits per heavy atom. The highest BCUT2D eigenvalue weighted by atomic mass is 16.2. The fourth-order valence-electron chi connectivity index (χ4n) is 2.57. The molecule has 5 nitrogen and oxygen atoms in total. The van der Waals surface area contributed by atoms with Crippen molar-refractivity contribution in [3.8, 4) is 0 Å². The van der Waals surface area contributed by atoms with Crippen molar-refractivity contribution in [1.29, 1.82) is 0 Å². The molecule has 0 spiro atoms. The Kier molecular flexibility index (Phi) is 4.35. The third-order valence-corrected chi connectivity index (χ3v) is 3.83. The fourth-order valence-corrected chi connectivity index (χ4v) is 2.57. The van der Waals surface area contributed by atoms with Crippen molar-refractivity contribution in [2.75, 3.05) is 0 Å². The van der Waals surface area contributed by atoms with Gasteiger partial charge in [0.15, 0.2) is 0 Å². The van der Waals surface area contributed by atoms with Crippen molar-refractivity contribution in [2.45, 2.75) is 52.1 Å². The number of carbonyl (C=O) groups excluding carboxylic acids is 1. The van der Waals surface area contributed by atoms with Crippen LogP contribution in [0.15, 0.2) is 16.9 Å². The first-order valence-corrected chi connectivity index (χ1v) is 7.01. The third-order valence-electron chi connectivity index (χ3n) is 3.83. The zero-order valence-corrected chi connectivity index (χ0v) is 11.6. The van der Waals surface area contributed by atoms with Crippen molar-refractivity contribution in [2.24, 2.45) is 5.92 Å². The van der Waals surface area contributed by atoms with Crippen LogP contribution in [0.4, 0.5) is 0 Å². The summed E-state index contributed by atoms with van der Waals surface area (Å²) in [4.78, 5) is 23.6.